The molecule has 8 nitrogen and oxygen atoms in total. The zero-order chi connectivity index (χ0) is 21.8. The minimum Gasteiger partial charge on any atom is -0.377 e. The molecule has 2 N–H and O–H groups in total. The number of H-pyrrole nitrogens is 1. The number of fused-ring (bicyclic) bond motifs is 1. The van der Waals surface area contributed by atoms with Crippen molar-refractivity contribution in [3.05, 3.63) is 41.2 Å². The molecule has 1 saturated heterocycles. The number of aromatic amines is 1. The second-order valence-electron chi connectivity index (χ2n) is 7.43. The lowest BCUT2D eigenvalue weighted by Crippen LogP contribution is -2.52. The molecule has 164 valence electrons. The number of halogens is 2. The Morgan fingerprint density at radius 2 is 2.29 bits per heavy atom. The van der Waals surface area contributed by atoms with E-state index in [-0.39, 0.29) is 12.1 Å². The number of aromatic nitrogens is 4. The van der Waals surface area contributed by atoms with E-state index in [0.29, 0.717) is 66.9 Å². The second-order valence-corrected chi connectivity index (χ2v) is 7.87. The number of pyridine rings is 1. The first kappa shape index (κ1) is 21.5. The van der Waals surface area contributed by atoms with Gasteiger partial charge >= 0.3 is 6.03 Å². The Labute approximate surface area is 184 Å². The largest absolute Gasteiger partial charge is 0.377 e. The maximum Gasteiger partial charge on any atom is 0.317 e. The maximum absolute atomic E-state index is 14.5. The molecule has 0 spiro atoms. The van der Waals surface area contributed by atoms with Gasteiger partial charge in [0.1, 0.15) is 5.65 Å². The smallest absolute Gasteiger partial charge is 0.317 e. The summed E-state index contributed by atoms with van der Waals surface area (Å²) in [7, 11) is 0. The second kappa shape index (κ2) is 9.57. The molecule has 3 aromatic rings. The topological polar surface area (TPSA) is 96.0 Å². The first-order valence-corrected chi connectivity index (χ1v) is 10.7. The van der Waals surface area contributed by atoms with Gasteiger partial charge in [-0.2, -0.15) is 0 Å². The summed E-state index contributed by atoms with van der Waals surface area (Å²) in [5.41, 5.74) is 1.66. The first-order chi connectivity index (χ1) is 15.1. The van der Waals surface area contributed by atoms with Crippen LogP contribution in [0.4, 0.5) is 9.18 Å². The van der Waals surface area contributed by atoms with Crippen LogP contribution in [-0.2, 0) is 11.2 Å². The molecule has 4 rings (SSSR count). The summed E-state index contributed by atoms with van der Waals surface area (Å²) < 4.78 is 20.0. The minimum absolute atomic E-state index is 0.109. The molecule has 0 saturated carbocycles. The quantitative estimate of drug-likeness (QED) is 0.603. The molecule has 0 aliphatic carbocycles. The highest BCUT2D eigenvalue weighted by Crippen LogP contribution is 2.27. The fourth-order valence-electron chi connectivity index (χ4n) is 3.67. The van der Waals surface area contributed by atoms with Crippen molar-refractivity contribution in [2.45, 2.75) is 32.2 Å². The zero-order valence-electron chi connectivity index (χ0n) is 17.2. The van der Waals surface area contributed by atoms with Gasteiger partial charge in [-0.05, 0) is 25.3 Å². The van der Waals surface area contributed by atoms with Gasteiger partial charge in [0.05, 0.1) is 36.2 Å². The van der Waals surface area contributed by atoms with Gasteiger partial charge in [-0.1, -0.05) is 18.5 Å². The number of rotatable bonds is 6. The molecule has 1 unspecified atom stereocenters. The SMILES string of the molecule is CCCNC(=O)N1CCOCC1CCc1nc(-c2c[nH]c3ncc(Cl)cc23)ncc1F. The zero-order valence-corrected chi connectivity index (χ0v) is 18.0. The van der Waals surface area contributed by atoms with Gasteiger partial charge in [0, 0.05) is 36.4 Å². The predicted octanol–water partition coefficient (Wildman–Crippen LogP) is 3.57. The molecule has 0 aromatic carbocycles. The Hall–Kier alpha value is -2.78. The normalized spacial score (nSPS) is 16.6. The van der Waals surface area contributed by atoms with Crippen molar-refractivity contribution < 1.29 is 13.9 Å². The third-order valence-electron chi connectivity index (χ3n) is 5.28. The highest BCUT2D eigenvalue weighted by atomic mass is 35.5. The van der Waals surface area contributed by atoms with E-state index in [0.717, 1.165) is 11.8 Å². The Kier molecular flexibility index (Phi) is 6.62. The number of nitrogens with zero attached hydrogens (tertiary/aromatic N) is 4. The lowest BCUT2D eigenvalue weighted by atomic mass is 10.1. The van der Waals surface area contributed by atoms with Gasteiger partial charge in [0.2, 0.25) is 0 Å². The highest BCUT2D eigenvalue weighted by molar-refractivity contribution is 6.31. The van der Waals surface area contributed by atoms with E-state index in [1.54, 1.807) is 23.4 Å². The van der Waals surface area contributed by atoms with E-state index >= 15 is 0 Å². The average Bonchev–Trinajstić information content (AvgIpc) is 3.20. The molecule has 1 aliphatic rings. The van der Waals surface area contributed by atoms with Gasteiger partial charge in [-0.25, -0.2) is 24.1 Å². The van der Waals surface area contributed by atoms with Gasteiger partial charge in [0.15, 0.2) is 11.6 Å². The van der Waals surface area contributed by atoms with Crippen molar-refractivity contribution in [3.63, 3.8) is 0 Å². The number of carbonyl (C=O) groups excluding carboxylic acids is 1. The van der Waals surface area contributed by atoms with Crippen LogP contribution >= 0.6 is 11.6 Å². The van der Waals surface area contributed by atoms with Crippen molar-refractivity contribution >= 4 is 28.7 Å². The van der Waals surface area contributed by atoms with Crippen LogP contribution in [0.1, 0.15) is 25.5 Å². The van der Waals surface area contributed by atoms with Crippen LogP contribution < -0.4 is 5.32 Å². The number of ether oxygens (including phenoxy) is 1. The van der Waals surface area contributed by atoms with E-state index in [1.807, 2.05) is 6.92 Å². The van der Waals surface area contributed by atoms with Gasteiger partial charge < -0.3 is 19.9 Å². The molecule has 1 aliphatic heterocycles. The van der Waals surface area contributed by atoms with Crippen LogP contribution in [-0.4, -0.2) is 63.2 Å². The molecule has 0 bridgehead atoms. The van der Waals surface area contributed by atoms with Crippen LogP contribution in [0.3, 0.4) is 0 Å². The van der Waals surface area contributed by atoms with Gasteiger partial charge in [0.25, 0.3) is 0 Å². The van der Waals surface area contributed by atoms with Crippen molar-refractivity contribution in [2.24, 2.45) is 0 Å². The molecule has 3 aromatic heterocycles. The standard InChI is InChI=1S/C21H24ClFN6O2/c1-2-5-24-21(30)29-6-7-31-12-14(29)3-4-18-17(23)11-27-20(28-18)16-10-26-19-15(16)8-13(22)9-25-19/h8-11,14H,2-7,12H2,1H3,(H,24,30)(H,25,26). The molecule has 1 atom stereocenters. The van der Waals surface area contributed by atoms with E-state index in [9.17, 15) is 9.18 Å². The number of morpholine rings is 1. The summed E-state index contributed by atoms with van der Waals surface area (Å²) >= 11 is 6.07. The fourth-order valence-corrected chi connectivity index (χ4v) is 3.83. The number of nitrogens with one attached hydrogen (secondary N) is 2. The summed E-state index contributed by atoms with van der Waals surface area (Å²) in [6.07, 6.45) is 6.22. The molecular weight excluding hydrogens is 423 g/mol. The van der Waals surface area contributed by atoms with E-state index in [1.165, 1.54) is 6.20 Å². The summed E-state index contributed by atoms with van der Waals surface area (Å²) in [5.74, 6) is -0.0809. The average molecular weight is 447 g/mol. The summed E-state index contributed by atoms with van der Waals surface area (Å²) in [6.45, 7) is 4.06. The molecule has 2 amide bonds. The van der Waals surface area contributed by atoms with Crippen LogP contribution in [0.15, 0.2) is 24.7 Å². The van der Waals surface area contributed by atoms with Gasteiger partial charge in [-0.15, -0.1) is 0 Å². The first-order valence-electron chi connectivity index (χ1n) is 10.3. The highest BCUT2D eigenvalue weighted by Gasteiger charge is 2.27. The number of amides is 2. The number of carbonyl (C=O) groups is 1. The van der Waals surface area contributed by atoms with Crippen molar-refractivity contribution in [3.8, 4) is 11.4 Å². The van der Waals surface area contributed by atoms with Crippen LogP contribution in [0, 0.1) is 5.82 Å². The Morgan fingerprint density at radius 3 is 3.13 bits per heavy atom. The maximum atomic E-state index is 14.5. The Morgan fingerprint density at radius 1 is 1.42 bits per heavy atom. The molecule has 10 heteroatoms. The van der Waals surface area contributed by atoms with Crippen LogP contribution in [0.25, 0.3) is 22.4 Å². The summed E-state index contributed by atoms with van der Waals surface area (Å²) in [4.78, 5) is 30.1. The third kappa shape index (κ3) is 4.77. The lowest BCUT2D eigenvalue weighted by molar-refractivity contribution is 0.00965. The summed E-state index contributed by atoms with van der Waals surface area (Å²) in [5, 5.41) is 4.17. The van der Waals surface area contributed by atoms with E-state index in [2.05, 4.69) is 25.3 Å². The lowest BCUT2D eigenvalue weighted by Gasteiger charge is -2.35. The van der Waals surface area contributed by atoms with E-state index < -0.39 is 5.82 Å². The molecule has 1 fully saturated rings. The number of urea groups is 1. The fraction of sp³-hybridized carbons (Fsp3) is 0.429. The molecule has 0 radical (unpaired) electrons. The Bertz CT molecular complexity index is 1080. The number of hydrogen-bond acceptors (Lipinski definition) is 5. The third-order valence-corrected chi connectivity index (χ3v) is 5.49. The number of hydrogen-bond donors (Lipinski definition) is 2. The minimum atomic E-state index is -0.474. The molecule has 31 heavy (non-hydrogen) atoms. The molecule has 4 heterocycles. The monoisotopic (exact) mass is 446 g/mol. The van der Waals surface area contributed by atoms with Gasteiger partial charge in [-0.3, -0.25) is 0 Å². The van der Waals surface area contributed by atoms with Crippen molar-refractivity contribution in [2.75, 3.05) is 26.3 Å². The molecular formula is C21H24ClFN6O2. The van der Waals surface area contributed by atoms with Crippen molar-refractivity contribution in [1.29, 1.82) is 0 Å². The van der Waals surface area contributed by atoms with E-state index in [4.69, 9.17) is 16.3 Å². The predicted molar refractivity (Wildman–Crippen MR) is 115 cm³/mol. The van der Waals surface area contributed by atoms with Crippen molar-refractivity contribution in [1.82, 2.24) is 30.2 Å². The van der Waals surface area contributed by atoms with Crippen LogP contribution in [0.2, 0.25) is 5.02 Å². The number of aryl methyl sites for hydroxylation is 1. The summed E-state index contributed by atoms with van der Waals surface area (Å²) in [6, 6.07) is 1.52. The van der Waals surface area contributed by atoms with Crippen LogP contribution in [0.5, 0.6) is 0 Å². The Balaban J connectivity index is 1.52.